The molecular formula is C20H23N5O4S2. The van der Waals surface area contributed by atoms with Crippen LogP contribution in [-0.4, -0.2) is 42.7 Å². The van der Waals surface area contributed by atoms with Crippen molar-refractivity contribution in [3.8, 4) is 0 Å². The average molecular weight is 462 g/mol. The fourth-order valence-corrected chi connectivity index (χ4v) is 5.82. The quantitative estimate of drug-likeness (QED) is 0.310. The zero-order valence-corrected chi connectivity index (χ0v) is 18.8. The summed E-state index contributed by atoms with van der Waals surface area (Å²) in [6.45, 7) is 3.15. The molecule has 0 amide bonds. The number of aryl methyl sites for hydroxylation is 1. The number of rotatable bonds is 7. The van der Waals surface area contributed by atoms with E-state index in [1.54, 1.807) is 17.7 Å². The Morgan fingerprint density at radius 3 is 2.77 bits per heavy atom. The summed E-state index contributed by atoms with van der Waals surface area (Å²) in [6, 6.07) is 3.87. The summed E-state index contributed by atoms with van der Waals surface area (Å²) < 4.78 is 23.4. The Labute approximate surface area is 184 Å². The standard InChI is InChI=1S/C20H23N5O4S2/c1-12-3-5-14-17(9-12)30-20-18(14)19(23-11-24-20)22-8-7-21-15-6-4-13(31(2,28)29)10-16(15)25(26)27/h4,6,10-12,21H,3,5,7-9H2,1-2H3,(H,22,23,24). The first kappa shape index (κ1) is 21.4. The Bertz CT molecular complexity index is 1260. The minimum absolute atomic E-state index is 0.0807. The summed E-state index contributed by atoms with van der Waals surface area (Å²) >= 11 is 1.73. The Balaban J connectivity index is 1.47. The van der Waals surface area contributed by atoms with Crippen molar-refractivity contribution in [1.82, 2.24) is 9.97 Å². The fourth-order valence-electron chi connectivity index (χ4n) is 3.83. The summed E-state index contributed by atoms with van der Waals surface area (Å²) in [5.74, 6) is 1.46. The van der Waals surface area contributed by atoms with Crippen molar-refractivity contribution in [3.63, 3.8) is 0 Å². The number of fused-ring (bicyclic) bond motifs is 3. The van der Waals surface area contributed by atoms with E-state index in [0.717, 1.165) is 47.6 Å². The molecule has 0 aliphatic heterocycles. The van der Waals surface area contributed by atoms with Crippen molar-refractivity contribution in [2.45, 2.75) is 31.1 Å². The normalized spacial score (nSPS) is 16.1. The average Bonchev–Trinajstić information content (AvgIpc) is 3.08. The predicted octanol–water partition coefficient (Wildman–Crippen LogP) is 3.65. The number of hydrogen-bond donors (Lipinski definition) is 2. The van der Waals surface area contributed by atoms with Crippen LogP contribution in [0.15, 0.2) is 29.4 Å². The second kappa shape index (κ2) is 8.39. The molecule has 0 radical (unpaired) electrons. The fraction of sp³-hybridized carbons (Fsp3) is 0.400. The third-order valence-corrected chi connectivity index (χ3v) is 7.69. The molecule has 1 aromatic carbocycles. The van der Waals surface area contributed by atoms with E-state index in [9.17, 15) is 18.5 Å². The largest absolute Gasteiger partial charge is 0.378 e. The summed E-state index contributed by atoms with van der Waals surface area (Å²) in [5, 5.41) is 18.8. The van der Waals surface area contributed by atoms with Gasteiger partial charge in [-0.3, -0.25) is 10.1 Å². The van der Waals surface area contributed by atoms with E-state index in [0.29, 0.717) is 19.0 Å². The summed E-state index contributed by atoms with van der Waals surface area (Å²) in [5.41, 5.74) is 1.34. The molecule has 1 unspecified atom stereocenters. The molecule has 4 rings (SSSR count). The molecule has 11 heteroatoms. The van der Waals surface area contributed by atoms with Gasteiger partial charge in [-0.15, -0.1) is 11.3 Å². The molecule has 1 atom stereocenters. The molecule has 3 aromatic rings. The molecule has 2 heterocycles. The van der Waals surface area contributed by atoms with Crippen molar-refractivity contribution in [3.05, 3.63) is 45.1 Å². The van der Waals surface area contributed by atoms with Crippen LogP contribution in [0.25, 0.3) is 10.2 Å². The Morgan fingerprint density at radius 2 is 2.03 bits per heavy atom. The van der Waals surface area contributed by atoms with Gasteiger partial charge in [0.05, 0.1) is 15.2 Å². The van der Waals surface area contributed by atoms with Gasteiger partial charge >= 0.3 is 0 Å². The number of nitrogens with one attached hydrogen (secondary N) is 2. The molecule has 0 fully saturated rings. The highest BCUT2D eigenvalue weighted by atomic mass is 32.2. The van der Waals surface area contributed by atoms with E-state index in [1.165, 1.54) is 22.6 Å². The number of sulfone groups is 1. The van der Waals surface area contributed by atoms with Crippen molar-refractivity contribution in [1.29, 1.82) is 0 Å². The van der Waals surface area contributed by atoms with E-state index in [-0.39, 0.29) is 16.3 Å². The van der Waals surface area contributed by atoms with E-state index in [1.807, 2.05) is 0 Å². The zero-order chi connectivity index (χ0) is 22.2. The van der Waals surface area contributed by atoms with E-state index >= 15 is 0 Å². The number of thiophene rings is 1. The first-order chi connectivity index (χ1) is 14.7. The van der Waals surface area contributed by atoms with Gasteiger partial charge in [0.2, 0.25) is 0 Å². The van der Waals surface area contributed by atoms with Crippen LogP contribution in [0.4, 0.5) is 17.2 Å². The summed E-state index contributed by atoms with van der Waals surface area (Å²) in [4.78, 5) is 21.9. The highest BCUT2D eigenvalue weighted by molar-refractivity contribution is 7.90. The third-order valence-electron chi connectivity index (χ3n) is 5.42. The molecule has 164 valence electrons. The maximum Gasteiger partial charge on any atom is 0.293 e. The molecule has 0 bridgehead atoms. The first-order valence-electron chi connectivity index (χ1n) is 9.95. The summed E-state index contributed by atoms with van der Waals surface area (Å²) in [6.07, 6.45) is 5.83. The molecular weight excluding hydrogens is 438 g/mol. The maximum atomic E-state index is 11.7. The zero-order valence-electron chi connectivity index (χ0n) is 17.2. The summed E-state index contributed by atoms with van der Waals surface area (Å²) in [7, 11) is -3.52. The highest BCUT2D eigenvalue weighted by Crippen LogP contribution is 2.39. The lowest BCUT2D eigenvalue weighted by Gasteiger charge is -2.18. The Hall–Kier alpha value is -2.79. The van der Waals surface area contributed by atoms with Gasteiger partial charge < -0.3 is 10.6 Å². The topological polar surface area (TPSA) is 127 Å². The molecule has 0 saturated heterocycles. The third kappa shape index (κ3) is 4.47. The van der Waals surface area contributed by atoms with E-state index in [2.05, 4.69) is 27.5 Å². The lowest BCUT2D eigenvalue weighted by Crippen LogP contribution is -2.16. The number of hydrogen-bond acceptors (Lipinski definition) is 9. The van der Waals surface area contributed by atoms with E-state index < -0.39 is 14.8 Å². The first-order valence-corrected chi connectivity index (χ1v) is 12.7. The van der Waals surface area contributed by atoms with Gasteiger partial charge in [0.1, 0.15) is 22.7 Å². The van der Waals surface area contributed by atoms with Crippen LogP contribution in [0.3, 0.4) is 0 Å². The number of nitro benzene ring substituents is 1. The lowest BCUT2D eigenvalue weighted by molar-refractivity contribution is -0.384. The van der Waals surface area contributed by atoms with Crippen molar-refractivity contribution in [2.24, 2.45) is 5.92 Å². The Morgan fingerprint density at radius 1 is 1.26 bits per heavy atom. The molecule has 0 spiro atoms. The van der Waals surface area contributed by atoms with Gasteiger partial charge in [-0.2, -0.15) is 0 Å². The number of nitro groups is 1. The van der Waals surface area contributed by atoms with Crippen molar-refractivity contribution < 1.29 is 13.3 Å². The number of nitrogens with zero attached hydrogens (tertiary/aromatic N) is 3. The monoisotopic (exact) mass is 461 g/mol. The lowest BCUT2D eigenvalue weighted by atomic mass is 9.89. The molecule has 2 aromatic heterocycles. The second-order valence-electron chi connectivity index (χ2n) is 7.82. The molecule has 9 nitrogen and oxygen atoms in total. The Kier molecular flexibility index (Phi) is 5.80. The van der Waals surface area contributed by atoms with Gasteiger partial charge in [0.15, 0.2) is 9.84 Å². The number of anilines is 2. The number of benzene rings is 1. The van der Waals surface area contributed by atoms with Crippen LogP contribution in [0.2, 0.25) is 0 Å². The van der Waals surface area contributed by atoms with Crippen LogP contribution in [0.5, 0.6) is 0 Å². The van der Waals surface area contributed by atoms with Gasteiger partial charge in [-0.05, 0) is 42.9 Å². The smallest absolute Gasteiger partial charge is 0.293 e. The predicted molar refractivity (Wildman–Crippen MR) is 122 cm³/mol. The van der Waals surface area contributed by atoms with Gasteiger partial charge in [-0.1, -0.05) is 6.92 Å². The van der Waals surface area contributed by atoms with E-state index in [4.69, 9.17) is 0 Å². The maximum absolute atomic E-state index is 11.7. The minimum atomic E-state index is -3.52. The van der Waals surface area contributed by atoms with Crippen LogP contribution < -0.4 is 10.6 Å². The minimum Gasteiger partial charge on any atom is -0.378 e. The van der Waals surface area contributed by atoms with Crippen molar-refractivity contribution >= 4 is 48.6 Å². The van der Waals surface area contributed by atoms with Crippen LogP contribution in [0.1, 0.15) is 23.8 Å². The SMILES string of the molecule is CC1CCc2c(sc3ncnc(NCCNc4ccc(S(C)(=O)=O)cc4[N+](=O)[O-])c23)C1. The molecule has 0 saturated carbocycles. The molecule has 1 aliphatic carbocycles. The molecule has 2 N–H and O–H groups in total. The van der Waals surface area contributed by atoms with Gasteiger partial charge in [-0.25, -0.2) is 18.4 Å². The van der Waals surface area contributed by atoms with Gasteiger partial charge in [0.25, 0.3) is 5.69 Å². The number of aromatic nitrogens is 2. The highest BCUT2D eigenvalue weighted by Gasteiger charge is 2.23. The van der Waals surface area contributed by atoms with Crippen molar-refractivity contribution in [2.75, 3.05) is 30.0 Å². The van der Waals surface area contributed by atoms with Gasteiger partial charge in [0, 0.05) is 30.3 Å². The van der Waals surface area contributed by atoms with Crippen LogP contribution in [0, 0.1) is 16.0 Å². The molecule has 1 aliphatic rings. The molecule has 31 heavy (non-hydrogen) atoms. The van der Waals surface area contributed by atoms with Crippen LogP contribution >= 0.6 is 11.3 Å². The second-order valence-corrected chi connectivity index (χ2v) is 10.9. The van der Waals surface area contributed by atoms with Crippen LogP contribution in [-0.2, 0) is 22.7 Å².